The van der Waals surface area contributed by atoms with Crippen molar-refractivity contribution in [3.63, 3.8) is 0 Å². The van der Waals surface area contributed by atoms with Crippen LogP contribution in [-0.2, 0) is 9.53 Å². The summed E-state index contributed by atoms with van der Waals surface area (Å²) in [5, 5.41) is 11.1. The van der Waals surface area contributed by atoms with E-state index in [0.29, 0.717) is 11.8 Å². The maximum absolute atomic E-state index is 11.1. The molecular weight excluding hydrogens is 422 g/mol. The van der Waals surface area contributed by atoms with Gasteiger partial charge >= 0.3 is 5.97 Å². The van der Waals surface area contributed by atoms with Crippen LogP contribution in [0.1, 0.15) is 30.5 Å². The van der Waals surface area contributed by atoms with Gasteiger partial charge in [0.2, 0.25) is 0 Å². The van der Waals surface area contributed by atoms with E-state index in [9.17, 15) is 4.79 Å². The van der Waals surface area contributed by atoms with Crippen LogP contribution < -0.4 is 4.90 Å². The molecule has 0 saturated carbocycles. The molecule has 3 heterocycles. The number of fused-ring (bicyclic) bond motifs is 1. The third-order valence-electron chi connectivity index (χ3n) is 6.05. The Morgan fingerprint density at radius 3 is 2.75 bits per heavy atom. The predicted molar refractivity (Wildman–Crippen MR) is 130 cm³/mol. The van der Waals surface area contributed by atoms with E-state index in [1.807, 2.05) is 6.07 Å². The van der Waals surface area contributed by atoms with Crippen LogP contribution in [0.15, 0.2) is 53.5 Å². The second-order valence-electron chi connectivity index (χ2n) is 8.48. The van der Waals surface area contributed by atoms with Gasteiger partial charge in [-0.15, -0.1) is 11.8 Å². The minimum Gasteiger partial charge on any atom is -0.481 e. The summed E-state index contributed by atoms with van der Waals surface area (Å²) in [4.78, 5) is 21.8. The van der Waals surface area contributed by atoms with Crippen molar-refractivity contribution in [3.05, 3.63) is 59.8 Å². The van der Waals surface area contributed by atoms with E-state index in [1.54, 1.807) is 11.8 Å². The number of H-pyrrole nitrogens is 1. The Balaban J connectivity index is 1.59. The Bertz CT molecular complexity index is 1150. The highest BCUT2D eigenvalue weighted by atomic mass is 32.2. The first-order valence-corrected chi connectivity index (χ1v) is 12.0. The van der Waals surface area contributed by atoms with Gasteiger partial charge in [0.15, 0.2) is 0 Å². The van der Waals surface area contributed by atoms with Crippen molar-refractivity contribution in [2.45, 2.75) is 38.3 Å². The maximum atomic E-state index is 11.1. The van der Waals surface area contributed by atoms with Gasteiger partial charge in [0.1, 0.15) is 5.04 Å². The number of aliphatic imine (C=N–C) groups is 1. The normalized spacial score (nSPS) is 19.3. The quantitative estimate of drug-likeness (QED) is 0.545. The lowest BCUT2D eigenvalue weighted by Crippen LogP contribution is -2.36. The first kappa shape index (κ1) is 21.1. The average Bonchev–Trinajstić information content (AvgIpc) is 3.42. The third kappa shape index (κ3) is 4.27. The number of aromatic amines is 1. The van der Waals surface area contributed by atoms with Crippen LogP contribution in [0.2, 0.25) is 0 Å². The number of carboxylic acid groups (broad SMARTS) is 1. The summed E-state index contributed by atoms with van der Waals surface area (Å²) in [6.07, 6.45) is 2.04. The van der Waals surface area contributed by atoms with Crippen molar-refractivity contribution in [1.29, 1.82) is 0 Å². The van der Waals surface area contributed by atoms with Gasteiger partial charge in [-0.3, -0.25) is 9.79 Å². The lowest BCUT2D eigenvalue weighted by atomic mass is 10.0. The lowest BCUT2D eigenvalue weighted by molar-refractivity contribution is -0.137. The molecule has 32 heavy (non-hydrogen) atoms. The molecule has 0 aliphatic carbocycles. The molecule has 1 fully saturated rings. The molecule has 3 aromatic rings. The Kier molecular flexibility index (Phi) is 5.93. The van der Waals surface area contributed by atoms with Gasteiger partial charge < -0.3 is 19.7 Å². The lowest BCUT2D eigenvalue weighted by Gasteiger charge is -2.36. The number of anilines is 2. The van der Waals surface area contributed by atoms with E-state index in [2.05, 4.69) is 64.3 Å². The SMILES string of the molecule is Cc1cc(N(c2ccccc2)C2CCOCC2)c2[nH]c(C3=N[C@@H](CC(=O)O)CS3)cc2c1. The largest absolute Gasteiger partial charge is 0.481 e. The van der Waals surface area contributed by atoms with Crippen molar-refractivity contribution in [2.24, 2.45) is 4.99 Å². The number of para-hydroxylation sites is 1. The molecule has 1 saturated heterocycles. The summed E-state index contributed by atoms with van der Waals surface area (Å²) in [5.41, 5.74) is 5.60. The van der Waals surface area contributed by atoms with E-state index in [1.165, 1.54) is 11.3 Å². The van der Waals surface area contributed by atoms with Gasteiger partial charge in [-0.25, -0.2) is 0 Å². The monoisotopic (exact) mass is 449 g/mol. The molecule has 0 unspecified atom stereocenters. The zero-order valence-corrected chi connectivity index (χ0v) is 18.9. The number of rotatable bonds is 6. The van der Waals surface area contributed by atoms with Crippen LogP contribution in [0.3, 0.4) is 0 Å². The number of aryl methyl sites for hydroxylation is 1. The highest BCUT2D eigenvalue weighted by Gasteiger charge is 2.27. The van der Waals surface area contributed by atoms with Crippen LogP contribution in [0.4, 0.5) is 11.4 Å². The number of aromatic nitrogens is 1. The molecule has 0 radical (unpaired) electrons. The molecule has 0 spiro atoms. The highest BCUT2D eigenvalue weighted by molar-refractivity contribution is 8.14. The fourth-order valence-corrected chi connectivity index (χ4v) is 5.66. The number of benzene rings is 2. The number of hydrogen-bond donors (Lipinski definition) is 2. The molecule has 5 rings (SSSR count). The van der Waals surface area contributed by atoms with Gasteiger partial charge in [0.25, 0.3) is 0 Å². The van der Waals surface area contributed by atoms with E-state index in [0.717, 1.165) is 53.4 Å². The van der Waals surface area contributed by atoms with Crippen molar-refractivity contribution in [2.75, 3.05) is 23.9 Å². The molecule has 2 aliphatic rings. The van der Waals surface area contributed by atoms with Gasteiger partial charge in [-0.05, 0) is 55.7 Å². The molecule has 1 atom stereocenters. The van der Waals surface area contributed by atoms with Gasteiger partial charge in [-0.2, -0.15) is 0 Å². The highest BCUT2D eigenvalue weighted by Crippen LogP contribution is 2.38. The van der Waals surface area contributed by atoms with Crippen LogP contribution in [0.25, 0.3) is 10.9 Å². The van der Waals surface area contributed by atoms with Crippen molar-refractivity contribution in [1.82, 2.24) is 4.98 Å². The maximum Gasteiger partial charge on any atom is 0.305 e. The topological polar surface area (TPSA) is 77.9 Å². The number of hydrogen-bond acceptors (Lipinski definition) is 5. The second-order valence-corrected chi connectivity index (χ2v) is 9.49. The van der Waals surface area contributed by atoms with Crippen LogP contribution in [-0.4, -0.2) is 52.2 Å². The Labute approximate surface area is 191 Å². The minimum absolute atomic E-state index is 0.0760. The minimum atomic E-state index is -0.801. The van der Waals surface area contributed by atoms with Crippen LogP contribution in [0.5, 0.6) is 0 Å². The summed E-state index contributed by atoms with van der Waals surface area (Å²) in [7, 11) is 0. The fourth-order valence-electron chi connectivity index (χ4n) is 4.62. The fraction of sp³-hybridized carbons (Fsp3) is 0.360. The summed E-state index contributed by atoms with van der Waals surface area (Å²) >= 11 is 1.63. The molecule has 166 valence electrons. The molecule has 2 aromatic carbocycles. The number of carbonyl (C=O) groups is 1. The van der Waals surface area contributed by atoms with Crippen molar-refractivity contribution >= 4 is 45.1 Å². The Hall–Kier alpha value is -2.77. The summed E-state index contributed by atoms with van der Waals surface area (Å²) in [6, 6.07) is 17.3. The molecule has 0 amide bonds. The number of aliphatic carboxylic acids is 1. The molecule has 2 aliphatic heterocycles. The van der Waals surface area contributed by atoms with Crippen molar-refractivity contribution < 1.29 is 14.6 Å². The molecule has 0 bridgehead atoms. The molecule has 6 nitrogen and oxygen atoms in total. The zero-order valence-electron chi connectivity index (χ0n) is 18.1. The zero-order chi connectivity index (χ0) is 22.1. The molecule has 2 N–H and O–H groups in total. The average molecular weight is 450 g/mol. The standard InChI is InChI=1S/C25H27N3O3S/c1-16-11-17-13-21(25-26-18(15-32-25)14-23(29)30)27-24(17)22(12-16)28(19-5-3-2-4-6-19)20-7-9-31-10-8-20/h2-6,11-13,18,20,27H,7-10,14-15H2,1H3,(H,29,30)/t18-/m0/s1. The Morgan fingerprint density at radius 1 is 1.22 bits per heavy atom. The number of nitrogens with zero attached hydrogens (tertiary/aromatic N) is 2. The number of ether oxygens (including phenoxy) is 1. The molecule has 1 aromatic heterocycles. The van der Waals surface area contributed by atoms with Crippen LogP contribution >= 0.6 is 11.8 Å². The number of carboxylic acids is 1. The summed E-state index contributed by atoms with van der Waals surface area (Å²) < 4.78 is 5.65. The second kappa shape index (κ2) is 9.00. The first-order chi connectivity index (χ1) is 15.6. The summed E-state index contributed by atoms with van der Waals surface area (Å²) in [5.74, 6) is -0.0914. The van der Waals surface area contributed by atoms with Gasteiger partial charge in [0, 0.05) is 36.1 Å². The smallest absolute Gasteiger partial charge is 0.305 e. The summed E-state index contributed by atoms with van der Waals surface area (Å²) in [6.45, 7) is 3.68. The predicted octanol–water partition coefficient (Wildman–Crippen LogP) is 5.13. The molecule has 7 heteroatoms. The van der Waals surface area contributed by atoms with Crippen LogP contribution in [0, 0.1) is 6.92 Å². The van der Waals surface area contributed by atoms with E-state index < -0.39 is 5.97 Å². The van der Waals surface area contributed by atoms with E-state index in [-0.39, 0.29) is 12.5 Å². The number of nitrogens with one attached hydrogen (secondary N) is 1. The number of thioether (sulfide) groups is 1. The van der Waals surface area contributed by atoms with E-state index in [4.69, 9.17) is 9.84 Å². The van der Waals surface area contributed by atoms with E-state index >= 15 is 0 Å². The molecular formula is C25H27N3O3S. The first-order valence-electron chi connectivity index (χ1n) is 11.1. The Morgan fingerprint density at radius 2 is 2.00 bits per heavy atom. The van der Waals surface area contributed by atoms with Gasteiger partial charge in [-0.1, -0.05) is 18.2 Å². The van der Waals surface area contributed by atoms with Gasteiger partial charge in [0.05, 0.1) is 29.4 Å². The van der Waals surface area contributed by atoms with Crippen molar-refractivity contribution in [3.8, 4) is 0 Å². The third-order valence-corrected chi connectivity index (χ3v) is 7.20.